The minimum Gasteiger partial charge on any atom is -0.443 e. The molecule has 0 aliphatic heterocycles. The number of imide groups is 1. The number of benzene rings is 1. The summed E-state index contributed by atoms with van der Waals surface area (Å²) in [5.74, 6) is -0.583. The molecular weight excluding hydrogens is 486 g/mol. The third kappa shape index (κ3) is 9.14. The molecule has 0 bridgehead atoms. The van der Waals surface area contributed by atoms with E-state index in [0.29, 0.717) is 16.9 Å². The maximum Gasteiger partial charge on any atom is 0.427 e. The first-order valence-electron chi connectivity index (χ1n) is 12.4. The van der Waals surface area contributed by atoms with Gasteiger partial charge in [0, 0.05) is 18.0 Å². The van der Waals surface area contributed by atoms with Crippen molar-refractivity contribution in [1.82, 2.24) is 15.3 Å². The summed E-state index contributed by atoms with van der Waals surface area (Å²) < 4.78 is 10.8. The predicted octanol–water partition coefficient (Wildman–Crippen LogP) is 5.59. The smallest absolute Gasteiger partial charge is 0.427 e. The molecule has 0 radical (unpaired) electrons. The Morgan fingerprint density at radius 3 is 2.00 bits per heavy atom. The zero-order valence-corrected chi connectivity index (χ0v) is 23.4. The number of carbonyl (C=O) groups excluding carboxylic acids is 3. The number of carbonyl (C=O) groups is 3. The maximum atomic E-state index is 12.9. The standard InChI is InChI=1S/C28H37N5O5/c1-18(2)14-22(23(34)30-13-12-29)20-11-9-10-19(15-20)21-16-31-24(32-17-21)33(25(35)37-27(3,4)5)26(36)38-28(6,7)8/h9-11,15-18,22H,13-14H2,1-8H3,(H,30,34). The lowest BCUT2D eigenvalue weighted by Gasteiger charge is -2.27. The molecule has 1 aromatic carbocycles. The number of amides is 3. The molecule has 38 heavy (non-hydrogen) atoms. The van der Waals surface area contributed by atoms with Gasteiger partial charge in [-0.15, -0.1) is 4.90 Å². The summed E-state index contributed by atoms with van der Waals surface area (Å²) in [6.45, 7) is 14.1. The van der Waals surface area contributed by atoms with E-state index < -0.39 is 29.3 Å². The van der Waals surface area contributed by atoms with E-state index in [9.17, 15) is 14.4 Å². The number of rotatable bonds is 7. The van der Waals surface area contributed by atoms with Crippen molar-refractivity contribution in [3.63, 3.8) is 0 Å². The van der Waals surface area contributed by atoms with Crippen LogP contribution in [0.2, 0.25) is 0 Å². The fraction of sp³-hybridized carbons (Fsp3) is 0.500. The summed E-state index contributed by atoms with van der Waals surface area (Å²) in [5, 5.41) is 11.5. The summed E-state index contributed by atoms with van der Waals surface area (Å²) in [6, 6.07) is 9.35. The van der Waals surface area contributed by atoms with E-state index in [0.717, 1.165) is 11.1 Å². The van der Waals surface area contributed by atoms with Gasteiger partial charge >= 0.3 is 12.2 Å². The molecular formula is C28H37N5O5. The second kappa shape index (κ2) is 12.5. The highest BCUT2D eigenvalue weighted by Crippen LogP contribution is 2.29. The van der Waals surface area contributed by atoms with Crippen LogP contribution in [0.3, 0.4) is 0 Å². The monoisotopic (exact) mass is 523 g/mol. The lowest BCUT2D eigenvalue weighted by atomic mass is 9.88. The Morgan fingerprint density at radius 1 is 0.974 bits per heavy atom. The van der Waals surface area contributed by atoms with Gasteiger partial charge in [0.1, 0.15) is 17.7 Å². The summed E-state index contributed by atoms with van der Waals surface area (Å²) in [6.07, 6.45) is 1.66. The van der Waals surface area contributed by atoms with E-state index in [1.807, 2.05) is 44.2 Å². The van der Waals surface area contributed by atoms with Gasteiger partial charge in [0.05, 0.1) is 12.0 Å². The number of hydrogen-bond donors (Lipinski definition) is 1. The van der Waals surface area contributed by atoms with Gasteiger partial charge in [-0.1, -0.05) is 38.1 Å². The molecule has 0 aliphatic rings. The summed E-state index contributed by atoms with van der Waals surface area (Å²) >= 11 is 0. The largest absolute Gasteiger partial charge is 0.443 e. The van der Waals surface area contributed by atoms with Crippen LogP contribution in [0.1, 0.15) is 73.3 Å². The fourth-order valence-electron chi connectivity index (χ4n) is 3.49. The molecule has 1 N–H and O–H groups in total. The van der Waals surface area contributed by atoms with Gasteiger partial charge in [-0.2, -0.15) is 5.26 Å². The number of nitriles is 1. The maximum absolute atomic E-state index is 12.9. The quantitative estimate of drug-likeness (QED) is 0.464. The van der Waals surface area contributed by atoms with Crippen LogP contribution >= 0.6 is 0 Å². The Hall–Kier alpha value is -4.00. The van der Waals surface area contributed by atoms with Crippen molar-refractivity contribution < 1.29 is 23.9 Å². The minimum atomic E-state index is -0.957. The Morgan fingerprint density at radius 2 is 1.53 bits per heavy atom. The molecule has 1 heterocycles. The van der Waals surface area contributed by atoms with Gasteiger partial charge < -0.3 is 14.8 Å². The van der Waals surface area contributed by atoms with Crippen LogP contribution in [0.15, 0.2) is 36.7 Å². The SMILES string of the molecule is CC(C)CC(C(=O)NCC#N)c1cccc(-c2cnc(N(C(=O)OC(C)(C)C)C(=O)OC(C)(C)C)nc2)c1. The first-order chi connectivity index (χ1) is 17.6. The molecule has 10 heteroatoms. The molecule has 0 saturated heterocycles. The molecule has 1 unspecified atom stereocenters. The van der Waals surface area contributed by atoms with Gasteiger partial charge in [-0.25, -0.2) is 19.6 Å². The van der Waals surface area contributed by atoms with Crippen LogP contribution < -0.4 is 10.2 Å². The lowest BCUT2D eigenvalue weighted by Crippen LogP contribution is -2.44. The van der Waals surface area contributed by atoms with Crippen LogP contribution in [0.4, 0.5) is 15.5 Å². The molecule has 3 amide bonds. The minimum absolute atomic E-state index is 0.0613. The number of aromatic nitrogens is 2. The van der Waals surface area contributed by atoms with Crippen LogP contribution in [0, 0.1) is 17.2 Å². The molecule has 2 rings (SSSR count). The highest BCUT2D eigenvalue weighted by molar-refractivity contribution is 6.08. The van der Waals surface area contributed by atoms with Gasteiger partial charge in [0.25, 0.3) is 0 Å². The Kier molecular flexibility index (Phi) is 9.94. The van der Waals surface area contributed by atoms with E-state index in [2.05, 4.69) is 15.3 Å². The molecule has 1 aromatic heterocycles. The second-order valence-electron chi connectivity index (χ2n) is 11.3. The van der Waals surface area contributed by atoms with Crippen LogP contribution in [-0.2, 0) is 14.3 Å². The normalized spacial score (nSPS) is 12.3. The third-order valence-electron chi connectivity index (χ3n) is 4.98. The summed E-state index contributed by atoms with van der Waals surface area (Å²) in [4.78, 5) is 47.6. The van der Waals surface area contributed by atoms with Gasteiger partial charge in [0.15, 0.2) is 0 Å². The number of anilines is 1. The van der Waals surface area contributed by atoms with Crippen molar-refractivity contribution in [2.75, 3.05) is 11.4 Å². The van der Waals surface area contributed by atoms with E-state index in [-0.39, 0.29) is 24.3 Å². The van der Waals surface area contributed by atoms with Gasteiger partial charge in [0.2, 0.25) is 11.9 Å². The zero-order valence-electron chi connectivity index (χ0n) is 23.4. The molecule has 1 atom stereocenters. The molecule has 0 spiro atoms. The molecule has 0 saturated carbocycles. The van der Waals surface area contributed by atoms with Crippen LogP contribution in [0.5, 0.6) is 0 Å². The number of nitrogens with zero attached hydrogens (tertiary/aromatic N) is 4. The van der Waals surface area contributed by atoms with Gasteiger partial charge in [-0.3, -0.25) is 4.79 Å². The first kappa shape index (κ1) is 30.2. The topological polar surface area (TPSA) is 135 Å². The lowest BCUT2D eigenvalue weighted by molar-refractivity contribution is -0.122. The Labute approximate surface area is 224 Å². The third-order valence-corrected chi connectivity index (χ3v) is 4.98. The molecule has 10 nitrogen and oxygen atoms in total. The predicted molar refractivity (Wildman–Crippen MR) is 143 cm³/mol. The van der Waals surface area contributed by atoms with Crippen LogP contribution in [-0.4, -0.2) is 45.8 Å². The average Bonchev–Trinajstić information content (AvgIpc) is 2.79. The molecule has 2 aromatic rings. The second-order valence-corrected chi connectivity index (χ2v) is 11.3. The fourth-order valence-corrected chi connectivity index (χ4v) is 3.49. The Bertz CT molecular complexity index is 1150. The van der Waals surface area contributed by atoms with Crippen LogP contribution in [0.25, 0.3) is 11.1 Å². The highest BCUT2D eigenvalue weighted by Gasteiger charge is 2.34. The van der Waals surface area contributed by atoms with Crippen molar-refractivity contribution in [1.29, 1.82) is 5.26 Å². The van der Waals surface area contributed by atoms with E-state index in [1.54, 1.807) is 41.5 Å². The van der Waals surface area contributed by atoms with Crippen molar-refractivity contribution >= 4 is 24.0 Å². The average molecular weight is 524 g/mol. The summed E-state index contributed by atoms with van der Waals surface area (Å²) in [5.41, 5.74) is 0.439. The van der Waals surface area contributed by atoms with Crippen molar-refractivity contribution in [2.24, 2.45) is 5.92 Å². The van der Waals surface area contributed by atoms with Gasteiger partial charge in [-0.05, 0) is 65.0 Å². The number of ether oxygens (including phenoxy) is 2. The van der Waals surface area contributed by atoms with Crippen molar-refractivity contribution in [3.8, 4) is 17.2 Å². The van der Waals surface area contributed by atoms with E-state index >= 15 is 0 Å². The molecule has 0 aliphatic carbocycles. The number of nitrogens with one attached hydrogen (secondary N) is 1. The Balaban J connectivity index is 2.41. The van der Waals surface area contributed by atoms with E-state index in [4.69, 9.17) is 14.7 Å². The molecule has 204 valence electrons. The number of hydrogen-bond acceptors (Lipinski definition) is 8. The first-order valence-corrected chi connectivity index (χ1v) is 12.4. The zero-order chi connectivity index (χ0) is 28.7. The van der Waals surface area contributed by atoms with Crippen molar-refractivity contribution in [3.05, 3.63) is 42.2 Å². The molecule has 0 fully saturated rings. The summed E-state index contributed by atoms with van der Waals surface area (Å²) in [7, 11) is 0. The van der Waals surface area contributed by atoms with E-state index in [1.165, 1.54) is 12.4 Å². The van der Waals surface area contributed by atoms with Crippen molar-refractivity contribution in [2.45, 2.75) is 78.9 Å². The highest BCUT2D eigenvalue weighted by atomic mass is 16.6.